The molecule has 11 heavy (non-hydrogen) atoms. The largest absolute Gasteiger partial charge is 0.396 e. The molecule has 1 aliphatic rings. The molecule has 1 rings (SSSR count). The Kier molecular flexibility index (Phi) is 3.87. The standard InChI is InChI=1S/C9H19NO/c1-8(4-3-7-11)10-9-5-2-6-9/h8-11H,2-7H2,1H3/t8-/m1/s1. The van der Waals surface area contributed by atoms with Gasteiger partial charge in [0.1, 0.15) is 0 Å². The first-order valence-corrected chi connectivity index (χ1v) is 4.70. The summed E-state index contributed by atoms with van der Waals surface area (Å²) in [5, 5.41) is 12.1. The third-order valence-corrected chi connectivity index (χ3v) is 2.42. The van der Waals surface area contributed by atoms with E-state index in [2.05, 4.69) is 12.2 Å². The first-order chi connectivity index (χ1) is 5.33. The molecule has 0 aromatic rings. The van der Waals surface area contributed by atoms with E-state index in [1.807, 2.05) is 0 Å². The molecule has 0 amide bonds. The zero-order chi connectivity index (χ0) is 8.10. The van der Waals surface area contributed by atoms with E-state index in [4.69, 9.17) is 5.11 Å². The van der Waals surface area contributed by atoms with Crippen molar-refractivity contribution in [3.05, 3.63) is 0 Å². The summed E-state index contributed by atoms with van der Waals surface area (Å²) in [6.07, 6.45) is 6.13. The zero-order valence-electron chi connectivity index (χ0n) is 7.34. The normalized spacial score (nSPS) is 21.3. The number of aliphatic hydroxyl groups excluding tert-OH is 1. The molecule has 0 spiro atoms. The monoisotopic (exact) mass is 157 g/mol. The molecule has 1 fully saturated rings. The second-order valence-electron chi connectivity index (χ2n) is 3.56. The van der Waals surface area contributed by atoms with Gasteiger partial charge in [-0.2, -0.15) is 0 Å². The van der Waals surface area contributed by atoms with Crippen molar-refractivity contribution in [1.29, 1.82) is 0 Å². The number of hydrogen-bond acceptors (Lipinski definition) is 2. The highest BCUT2D eigenvalue weighted by Gasteiger charge is 2.18. The van der Waals surface area contributed by atoms with Crippen LogP contribution in [0.2, 0.25) is 0 Å². The second-order valence-corrected chi connectivity index (χ2v) is 3.56. The van der Waals surface area contributed by atoms with Gasteiger partial charge in [0.2, 0.25) is 0 Å². The molecule has 66 valence electrons. The lowest BCUT2D eigenvalue weighted by Gasteiger charge is -2.29. The van der Waals surface area contributed by atoms with Crippen LogP contribution in [0.5, 0.6) is 0 Å². The van der Waals surface area contributed by atoms with Gasteiger partial charge < -0.3 is 10.4 Å². The van der Waals surface area contributed by atoms with Crippen LogP contribution in [-0.4, -0.2) is 23.8 Å². The lowest BCUT2D eigenvalue weighted by Crippen LogP contribution is -2.40. The van der Waals surface area contributed by atoms with Crippen molar-refractivity contribution in [2.75, 3.05) is 6.61 Å². The number of rotatable bonds is 5. The maximum atomic E-state index is 8.59. The number of nitrogens with one attached hydrogen (secondary N) is 1. The molecular formula is C9H19NO. The second kappa shape index (κ2) is 4.73. The van der Waals surface area contributed by atoms with Crippen molar-refractivity contribution in [1.82, 2.24) is 5.32 Å². The van der Waals surface area contributed by atoms with Gasteiger partial charge in [0, 0.05) is 18.7 Å². The molecule has 2 heteroatoms. The highest BCUT2D eigenvalue weighted by atomic mass is 16.2. The van der Waals surface area contributed by atoms with E-state index in [1.54, 1.807) is 0 Å². The average molecular weight is 157 g/mol. The van der Waals surface area contributed by atoms with Crippen LogP contribution >= 0.6 is 0 Å². The van der Waals surface area contributed by atoms with Crippen LogP contribution in [0.15, 0.2) is 0 Å². The summed E-state index contributed by atoms with van der Waals surface area (Å²) in [5.74, 6) is 0. The van der Waals surface area contributed by atoms with Gasteiger partial charge in [-0.05, 0) is 32.6 Å². The quantitative estimate of drug-likeness (QED) is 0.630. The zero-order valence-corrected chi connectivity index (χ0v) is 7.34. The molecule has 2 N–H and O–H groups in total. The Morgan fingerprint density at radius 1 is 1.55 bits per heavy atom. The highest BCUT2D eigenvalue weighted by molar-refractivity contribution is 4.78. The highest BCUT2D eigenvalue weighted by Crippen LogP contribution is 2.19. The van der Waals surface area contributed by atoms with Crippen molar-refractivity contribution < 1.29 is 5.11 Å². The Bertz CT molecular complexity index is 102. The van der Waals surface area contributed by atoms with Crippen LogP contribution in [0.4, 0.5) is 0 Å². The van der Waals surface area contributed by atoms with Crippen molar-refractivity contribution in [3.63, 3.8) is 0 Å². The van der Waals surface area contributed by atoms with Crippen LogP contribution in [0.25, 0.3) is 0 Å². The van der Waals surface area contributed by atoms with E-state index >= 15 is 0 Å². The summed E-state index contributed by atoms with van der Waals surface area (Å²) >= 11 is 0. The Morgan fingerprint density at radius 3 is 2.73 bits per heavy atom. The summed E-state index contributed by atoms with van der Waals surface area (Å²) in [6, 6.07) is 1.37. The number of aliphatic hydroxyl groups is 1. The predicted octanol–water partition coefficient (Wildman–Crippen LogP) is 1.29. The minimum Gasteiger partial charge on any atom is -0.396 e. The van der Waals surface area contributed by atoms with Crippen LogP contribution in [0, 0.1) is 0 Å². The summed E-state index contributed by atoms with van der Waals surface area (Å²) in [6.45, 7) is 2.53. The third-order valence-electron chi connectivity index (χ3n) is 2.42. The van der Waals surface area contributed by atoms with Gasteiger partial charge in [-0.3, -0.25) is 0 Å². The van der Waals surface area contributed by atoms with Gasteiger partial charge in [-0.15, -0.1) is 0 Å². The molecule has 0 radical (unpaired) electrons. The molecule has 0 saturated heterocycles. The molecular weight excluding hydrogens is 138 g/mol. The van der Waals surface area contributed by atoms with Crippen molar-refractivity contribution in [3.8, 4) is 0 Å². The molecule has 0 bridgehead atoms. The minimum absolute atomic E-state index is 0.330. The molecule has 0 aromatic heterocycles. The average Bonchev–Trinajstić information content (AvgIpc) is 1.93. The van der Waals surface area contributed by atoms with Crippen molar-refractivity contribution >= 4 is 0 Å². The first kappa shape index (κ1) is 9.01. The van der Waals surface area contributed by atoms with E-state index in [1.165, 1.54) is 19.3 Å². The molecule has 0 unspecified atom stereocenters. The Labute approximate surface area is 69.0 Å². The molecule has 1 atom stereocenters. The van der Waals surface area contributed by atoms with Crippen LogP contribution in [-0.2, 0) is 0 Å². The Hall–Kier alpha value is -0.0800. The van der Waals surface area contributed by atoms with E-state index in [0.29, 0.717) is 12.6 Å². The van der Waals surface area contributed by atoms with E-state index in [-0.39, 0.29) is 0 Å². The smallest absolute Gasteiger partial charge is 0.0431 e. The molecule has 1 saturated carbocycles. The number of hydrogen-bond donors (Lipinski definition) is 2. The Balaban J connectivity index is 1.95. The summed E-state index contributed by atoms with van der Waals surface area (Å²) in [5.41, 5.74) is 0. The fraction of sp³-hybridized carbons (Fsp3) is 1.00. The first-order valence-electron chi connectivity index (χ1n) is 4.70. The predicted molar refractivity (Wildman–Crippen MR) is 46.6 cm³/mol. The van der Waals surface area contributed by atoms with Crippen molar-refractivity contribution in [2.24, 2.45) is 0 Å². The summed E-state index contributed by atoms with van der Waals surface area (Å²) in [7, 11) is 0. The molecule has 2 nitrogen and oxygen atoms in total. The van der Waals surface area contributed by atoms with Gasteiger partial charge in [0.25, 0.3) is 0 Å². The summed E-state index contributed by atoms with van der Waals surface area (Å²) in [4.78, 5) is 0. The maximum absolute atomic E-state index is 8.59. The van der Waals surface area contributed by atoms with E-state index < -0.39 is 0 Å². The van der Waals surface area contributed by atoms with E-state index in [9.17, 15) is 0 Å². The van der Waals surface area contributed by atoms with Crippen LogP contribution < -0.4 is 5.32 Å². The van der Waals surface area contributed by atoms with Gasteiger partial charge in [-0.1, -0.05) is 6.42 Å². The van der Waals surface area contributed by atoms with E-state index in [0.717, 1.165) is 18.9 Å². The molecule has 1 aliphatic carbocycles. The lowest BCUT2D eigenvalue weighted by atomic mass is 9.92. The topological polar surface area (TPSA) is 32.3 Å². The van der Waals surface area contributed by atoms with Gasteiger partial charge in [0.05, 0.1) is 0 Å². The fourth-order valence-electron chi connectivity index (χ4n) is 1.46. The van der Waals surface area contributed by atoms with Crippen molar-refractivity contribution in [2.45, 2.75) is 51.1 Å². The lowest BCUT2D eigenvalue weighted by molar-refractivity contribution is 0.260. The molecule has 0 heterocycles. The SMILES string of the molecule is C[C@H](CCCO)NC1CCC1. The van der Waals surface area contributed by atoms with Crippen LogP contribution in [0.3, 0.4) is 0 Å². The van der Waals surface area contributed by atoms with Gasteiger partial charge >= 0.3 is 0 Å². The van der Waals surface area contributed by atoms with Crippen LogP contribution in [0.1, 0.15) is 39.0 Å². The van der Waals surface area contributed by atoms with Gasteiger partial charge in [0.15, 0.2) is 0 Å². The fourth-order valence-corrected chi connectivity index (χ4v) is 1.46. The minimum atomic E-state index is 0.330. The van der Waals surface area contributed by atoms with Gasteiger partial charge in [-0.25, -0.2) is 0 Å². The molecule has 0 aromatic carbocycles. The molecule has 0 aliphatic heterocycles. The third kappa shape index (κ3) is 3.21. The maximum Gasteiger partial charge on any atom is 0.0431 e. The summed E-state index contributed by atoms with van der Waals surface area (Å²) < 4.78 is 0. The Morgan fingerprint density at radius 2 is 2.27 bits per heavy atom.